The van der Waals surface area contributed by atoms with Gasteiger partial charge in [-0.05, 0) is 36.1 Å². The quantitative estimate of drug-likeness (QED) is 0.506. The lowest BCUT2D eigenvalue weighted by molar-refractivity contribution is 0.474. The van der Waals surface area contributed by atoms with E-state index in [1.807, 2.05) is 25.0 Å². The first kappa shape index (κ1) is 19.9. The maximum absolute atomic E-state index is 13.5. The van der Waals surface area contributed by atoms with Gasteiger partial charge in [-0.3, -0.25) is 9.67 Å². The first-order chi connectivity index (χ1) is 13.4. The van der Waals surface area contributed by atoms with Crippen molar-refractivity contribution in [1.82, 2.24) is 25.0 Å². The molecule has 0 aliphatic rings. The fourth-order valence-corrected chi connectivity index (χ4v) is 3.54. The monoisotopic (exact) mass is 384 g/mol. The normalized spacial score (nSPS) is 12.2. The first-order valence-corrected chi connectivity index (χ1v) is 9.58. The van der Waals surface area contributed by atoms with Crippen molar-refractivity contribution in [3.63, 3.8) is 0 Å². The molecule has 2 aromatic heterocycles. The number of guanidine groups is 1. The van der Waals surface area contributed by atoms with Gasteiger partial charge >= 0.3 is 0 Å². The van der Waals surface area contributed by atoms with Crippen molar-refractivity contribution in [3.8, 4) is 0 Å². The zero-order valence-corrected chi connectivity index (χ0v) is 17.3. The molecular weight excluding hydrogens is 355 g/mol. The molecule has 0 saturated carbocycles. The van der Waals surface area contributed by atoms with Crippen molar-refractivity contribution in [3.05, 3.63) is 53.2 Å². The Morgan fingerprint density at radius 3 is 2.86 bits per heavy atom. The van der Waals surface area contributed by atoms with Gasteiger partial charge in [-0.1, -0.05) is 13.8 Å². The summed E-state index contributed by atoms with van der Waals surface area (Å²) < 4.78 is 15.4. The van der Waals surface area contributed by atoms with Crippen LogP contribution in [0.15, 0.2) is 35.6 Å². The van der Waals surface area contributed by atoms with Gasteiger partial charge in [-0.25, -0.2) is 4.39 Å². The van der Waals surface area contributed by atoms with Crippen molar-refractivity contribution in [2.24, 2.45) is 12.0 Å². The number of aromatic amines is 1. The Morgan fingerprint density at radius 1 is 1.36 bits per heavy atom. The number of aryl methyl sites for hydroxylation is 1. The minimum Gasteiger partial charge on any atom is -0.361 e. The average Bonchev–Trinajstić information content (AvgIpc) is 3.21. The van der Waals surface area contributed by atoms with E-state index in [4.69, 9.17) is 0 Å². The van der Waals surface area contributed by atoms with Crippen LogP contribution in [0.5, 0.6) is 0 Å². The highest BCUT2D eigenvalue weighted by Crippen LogP contribution is 2.20. The van der Waals surface area contributed by atoms with Gasteiger partial charge in [0, 0.05) is 63.1 Å². The zero-order chi connectivity index (χ0) is 20.3. The Morgan fingerprint density at radius 2 is 2.14 bits per heavy atom. The number of benzene rings is 1. The molecule has 28 heavy (non-hydrogen) atoms. The van der Waals surface area contributed by atoms with E-state index >= 15 is 0 Å². The Balaban J connectivity index is 1.62. The lowest BCUT2D eigenvalue weighted by atomic mass is 10.1. The van der Waals surface area contributed by atoms with E-state index in [1.54, 1.807) is 19.2 Å². The topological polar surface area (TPSA) is 61.2 Å². The fraction of sp³-hybridized carbons (Fsp3) is 0.429. The predicted octanol–water partition coefficient (Wildman–Crippen LogP) is 3.41. The van der Waals surface area contributed by atoms with E-state index in [0.717, 1.165) is 41.1 Å². The molecule has 7 heteroatoms. The molecule has 2 heterocycles. The molecule has 0 amide bonds. The van der Waals surface area contributed by atoms with Gasteiger partial charge in [0.2, 0.25) is 0 Å². The van der Waals surface area contributed by atoms with Crippen LogP contribution in [0.4, 0.5) is 4.39 Å². The van der Waals surface area contributed by atoms with Crippen molar-refractivity contribution in [2.45, 2.75) is 32.7 Å². The van der Waals surface area contributed by atoms with Crippen LogP contribution in [-0.2, 0) is 20.0 Å². The van der Waals surface area contributed by atoms with Gasteiger partial charge in [-0.2, -0.15) is 5.10 Å². The van der Waals surface area contributed by atoms with E-state index in [-0.39, 0.29) is 5.82 Å². The molecule has 1 aromatic carbocycles. The summed E-state index contributed by atoms with van der Waals surface area (Å²) in [5, 5.41) is 8.91. The van der Waals surface area contributed by atoms with Crippen molar-refractivity contribution in [1.29, 1.82) is 0 Å². The molecule has 0 radical (unpaired) electrons. The Labute approximate surface area is 165 Å². The number of hydrogen-bond donors (Lipinski definition) is 2. The molecule has 0 fully saturated rings. The van der Waals surface area contributed by atoms with E-state index in [1.165, 1.54) is 11.6 Å². The van der Waals surface area contributed by atoms with Gasteiger partial charge < -0.3 is 15.2 Å². The maximum atomic E-state index is 13.5. The molecule has 0 spiro atoms. The molecule has 0 atom stereocenters. The second kappa shape index (κ2) is 8.46. The molecule has 0 bridgehead atoms. The molecule has 6 nitrogen and oxygen atoms in total. The van der Waals surface area contributed by atoms with Crippen LogP contribution < -0.4 is 5.32 Å². The predicted molar refractivity (Wildman–Crippen MR) is 112 cm³/mol. The summed E-state index contributed by atoms with van der Waals surface area (Å²) >= 11 is 0. The summed E-state index contributed by atoms with van der Waals surface area (Å²) in [5.74, 6) is 0.987. The molecule has 0 aliphatic carbocycles. The maximum Gasteiger partial charge on any atom is 0.193 e. The van der Waals surface area contributed by atoms with Crippen molar-refractivity contribution in [2.75, 3.05) is 20.6 Å². The number of H-pyrrole nitrogens is 1. The third-order valence-electron chi connectivity index (χ3n) is 4.87. The van der Waals surface area contributed by atoms with Gasteiger partial charge in [-0.15, -0.1) is 0 Å². The third kappa shape index (κ3) is 4.35. The largest absolute Gasteiger partial charge is 0.361 e. The Bertz CT molecular complexity index is 969. The number of aromatic nitrogens is 3. The molecule has 3 aromatic rings. The number of nitrogens with zero attached hydrogens (tertiary/aromatic N) is 4. The molecule has 3 rings (SSSR count). The Kier molecular flexibility index (Phi) is 6.02. The number of halogens is 1. The molecule has 0 unspecified atom stereocenters. The average molecular weight is 385 g/mol. The number of aliphatic imine (C=N–C) groups is 1. The highest BCUT2D eigenvalue weighted by atomic mass is 19.1. The summed E-state index contributed by atoms with van der Waals surface area (Å²) in [7, 11) is 5.76. The minimum atomic E-state index is -0.214. The van der Waals surface area contributed by atoms with Gasteiger partial charge in [0.05, 0.1) is 5.69 Å². The number of hydrogen-bond acceptors (Lipinski definition) is 2. The molecule has 2 N–H and O–H groups in total. The van der Waals surface area contributed by atoms with E-state index in [2.05, 4.69) is 45.3 Å². The summed E-state index contributed by atoms with van der Waals surface area (Å²) in [6.45, 7) is 5.76. The lowest BCUT2D eigenvalue weighted by Gasteiger charge is -2.22. The van der Waals surface area contributed by atoms with Crippen LogP contribution in [0.3, 0.4) is 0 Å². The number of rotatable bonds is 6. The van der Waals surface area contributed by atoms with Crippen LogP contribution in [-0.4, -0.2) is 46.3 Å². The third-order valence-corrected chi connectivity index (χ3v) is 4.87. The first-order valence-electron chi connectivity index (χ1n) is 9.58. The highest BCUT2D eigenvalue weighted by Gasteiger charge is 2.15. The van der Waals surface area contributed by atoms with Gasteiger partial charge in [0.15, 0.2) is 5.96 Å². The smallest absolute Gasteiger partial charge is 0.193 e. The van der Waals surface area contributed by atoms with Crippen LogP contribution >= 0.6 is 0 Å². The van der Waals surface area contributed by atoms with Gasteiger partial charge in [0.1, 0.15) is 5.82 Å². The number of fused-ring (bicyclic) bond motifs is 1. The highest BCUT2D eigenvalue weighted by molar-refractivity contribution is 5.83. The van der Waals surface area contributed by atoms with Crippen LogP contribution in [0.2, 0.25) is 0 Å². The summed E-state index contributed by atoms with van der Waals surface area (Å²) in [6.07, 6.45) is 4.79. The van der Waals surface area contributed by atoms with Crippen molar-refractivity contribution >= 4 is 16.9 Å². The molecule has 150 valence electrons. The molecular formula is C21H29FN6. The van der Waals surface area contributed by atoms with Crippen LogP contribution in [0.25, 0.3) is 10.9 Å². The van der Waals surface area contributed by atoms with Crippen molar-refractivity contribution < 1.29 is 4.39 Å². The standard InChI is InChI=1S/C21H29FN6/c1-14(2)20-16(13-28(5)26-20)12-27(4)21(23-3)24-9-8-15-11-25-19-7-6-17(22)10-18(15)19/h6-7,10-11,13-14,25H,8-9,12H2,1-5H3,(H,23,24). The van der Waals surface area contributed by atoms with E-state index in [9.17, 15) is 4.39 Å². The second-order valence-electron chi connectivity index (χ2n) is 7.45. The summed E-state index contributed by atoms with van der Waals surface area (Å²) in [6, 6.07) is 4.83. The van der Waals surface area contributed by atoms with E-state index < -0.39 is 0 Å². The second-order valence-corrected chi connectivity index (χ2v) is 7.45. The lowest BCUT2D eigenvalue weighted by Crippen LogP contribution is -2.39. The summed E-state index contributed by atoms with van der Waals surface area (Å²) in [4.78, 5) is 9.69. The van der Waals surface area contributed by atoms with Gasteiger partial charge in [0.25, 0.3) is 0 Å². The minimum absolute atomic E-state index is 0.214. The SMILES string of the molecule is CN=C(NCCc1c[nH]c2ccc(F)cc12)N(C)Cc1cn(C)nc1C(C)C. The van der Waals surface area contributed by atoms with E-state index in [0.29, 0.717) is 12.5 Å². The molecule has 0 aliphatic heterocycles. The zero-order valence-electron chi connectivity index (χ0n) is 17.3. The fourth-order valence-electron chi connectivity index (χ4n) is 3.54. The number of nitrogens with one attached hydrogen (secondary N) is 2. The summed E-state index contributed by atoms with van der Waals surface area (Å²) in [5.41, 5.74) is 4.37. The Hall–Kier alpha value is -2.83. The van der Waals surface area contributed by atoms with Crippen LogP contribution in [0.1, 0.15) is 36.6 Å². The molecule has 0 saturated heterocycles. The van der Waals surface area contributed by atoms with Crippen LogP contribution in [0, 0.1) is 5.82 Å².